The molecule has 0 atom stereocenters. The predicted octanol–water partition coefficient (Wildman–Crippen LogP) is 4.30. The summed E-state index contributed by atoms with van der Waals surface area (Å²) in [6.45, 7) is 6.67. The Hall–Kier alpha value is -0.840. The van der Waals surface area contributed by atoms with Crippen LogP contribution in [0.3, 0.4) is 0 Å². The highest BCUT2D eigenvalue weighted by atomic mass is 79.9. The van der Waals surface area contributed by atoms with Crippen molar-refractivity contribution >= 4 is 27.3 Å². The number of aryl methyl sites for hydroxylation is 2. The molecule has 1 aromatic heterocycles. The lowest BCUT2D eigenvalue weighted by Gasteiger charge is -2.10. The molecule has 0 aliphatic carbocycles. The highest BCUT2D eigenvalue weighted by Crippen LogP contribution is 2.21. The molecule has 102 valence electrons. The summed E-state index contributed by atoms with van der Waals surface area (Å²) in [6, 6.07) is 8.23. The molecule has 2 nitrogen and oxygen atoms in total. The number of thiophene rings is 1. The summed E-state index contributed by atoms with van der Waals surface area (Å²) >= 11 is 5.25. The van der Waals surface area contributed by atoms with Crippen LogP contribution in [0.5, 0.6) is 5.75 Å². The van der Waals surface area contributed by atoms with Gasteiger partial charge in [0.2, 0.25) is 0 Å². The van der Waals surface area contributed by atoms with E-state index in [9.17, 15) is 0 Å². The van der Waals surface area contributed by atoms with E-state index in [-0.39, 0.29) is 0 Å². The van der Waals surface area contributed by atoms with Gasteiger partial charge < -0.3 is 10.1 Å². The van der Waals surface area contributed by atoms with Crippen LogP contribution >= 0.6 is 27.3 Å². The average molecular weight is 340 g/mol. The lowest BCUT2D eigenvalue weighted by Crippen LogP contribution is -2.20. The van der Waals surface area contributed by atoms with Gasteiger partial charge in [0.05, 0.1) is 0 Å². The smallest absolute Gasteiger partial charge is 0.122 e. The topological polar surface area (TPSA) is 21.3 Å². The SMILES string of the molecule is Cc1cc(Br)ccc1OCCNCc1sccc1C. The van der Waals surface area contributed by atoms with Crippen LogP contribution in [0.15, 0.2) is 34.1 Å². The molecule has 2 aromatic rings. The van der Waals surface area contributed by atoms with Gasteiger partial charge in [0.25, 0.3) is 0 Å². The first-order valence-electron chi connectivity index (χ1n) is 6.29. The van der Waals surface area contributed by atoms with Gasteiger partial charge >= 0.3 is 0 Å². The number of nitrogens with one attached hydrogen (secondary N) is 1. The first-order valence-corrected chi connectivity index (χ1v) is 7.96. The molecule has 1 N–H and O–H groups in total. The van der Waals surface area contributed by atoms with Gasteiger partial charge in [-0.25, -0.2) is 0 Å². The van der Waals surface area contributed by atoms with E-state index < -0.39 is 0 Å². The third-order valence-electron chi connectivity index (χ3n) is 2.93. The number of halogens is 1. The van der Waals surface area contributed by atoms with Crippen LogP contribution in [-0.2, 0) is 6.54 Å². The molecule has 0 bridgehead atoms. The molecular formula is C15H18BrNOS. The molecule has 0 spiro atoms. The van der Waals surface area contributed by atoms with Gasteiger partial charge in [-0.1, -0.05) is 15.9 Å². The molecule has 0 fully saturated rings. The van der Waals surface area contributed by atoms with Crippen LogP contribution < -0.4 is 10.1 Å². The second-order valence-electron chi connectivity index (χ2n) is 4.46. The van der Waals surface area contributed by atoms with Gasteiger partial charge in [0.1, 0.15) is 12.4 Å². The van der Waals surface area contributed by atoms with Crippen LogP contribution in [0.25, 0.3) is 0 Å². The van der Waals surface area contributed by atoms with E-state index in [1.165, 1.54) is 10.4 Å². The van der Waals surface area contributed by atoms with Gasteiger partial charge in [-0.05, 0) is 54.6 Å². The van der Waals surface area contributed by atoms with Crippen LogP contribution in [-0.4, -0.2) is 13.2 Å². The molecule has 0 unspecified atom stereocenters. The Morgan fingerprint density at radius 1 is 1.21 bits per heavy atom. The van der Waals surface area contributed by atoms with Crippen molar-refractivity contribution < 1.29 is 4.74 Å². The Morgan fingerprint density at radius 2 is 2.05 bits per heavy atom. The van der Waals surface area contributed by atoms with Crippen molar-refractivity contribution in [3.8, 4) is 5.75 Å². The molecule has 1 heterocycles. The fraction of sp³-hybridized carbons (Fsp3) is 0.333. The molecule has 1 aromatic carbocycles. The van der Waals surface area contributed by atoms with E-state index in [1.54, 1.807) is 11.3 Å². The van der Waals surface area contributed by atoms with Crippen molar-refractivity contribution in [2.45, 2.75) is 20.4 Å². The van der Waals surface area contributed by atoms with Gasteiger partial charge in [0, 0.05) is 22.4 Å². The van der Waals surface area contributed by atoms with Crippen molar-refractivity contribution in [2.75, 3.05) is 13.2 Å². The minimum atomic E-state index is 0.687. The Kier molecular flexibility index (Phi) is 5.43. The fourth-order valence-corrected chi connectivity index (χ4v) is 3.15. The molecule has 0 saturated carbocycles. The van der Waals surface area contributed by atoms with E-state index in [2.05, 4.69) is 52.6 Å². The average Bonchev–Trinajstić information content (AvgIpc) is 2.77. The molecule has 0 aliphatic rings. The zero-order valence-electron chi connectivity index (χ0n) is 11.2. The first-order chi connectivity index (χ1) is 9.16. The lowest BCUT2D eigenvalue weighted by atomic mass is 10.2. The molecule has 4 heteroatoms. The Morgan fingerprint density at radius 3 is 2.74 bits per heavy atom. The monoisotopic (exact) mass is 339 g/mol. The van der Waals surface area contributed by atoms with Gasteiger partial charge in [0.15, 0.2) is 0 Å². The highest BCUT2D eigenvalue weighted by molar-refractivity contribution is 9.10. The van der Waals surface area contributed by atoms with E-state index in [1.807, 2.05) is 12.1 Å². The summed E-state index contributed by atoms with van der Waals surface area (Å²) < 4.78 is 6.85. The Balaban J connectivity index is 1.71. The lowest BCUT2D eigenvalue weighted by molar-refractivity contribution is 0.312. The van der Waals surface area contributed by atoms with E-state index in [0.717, 1.165) is 28.9 Å². The molecular weight excluding hydrogens is 322 g/mol. The maximum Gasteiger partial charge on any atom is 0.122 e. The number of hydrogen-bond acceptors (Lipinski definition) is 3. The third-order valence-corrected chi connectivity index (χ3v) is 4.44. The minimum Gasteiger partial charge on any atom is -0.492 e. The summed E-state index contributed by atoms with van der Waals surface area (Å²) in [5, 5.41) is 5.54. The minimum absolute atomic E-state index is 0.687. The fourth-order valence-electron chi connectivity index (χ4n) is 1.80. The summed E-state index contributed by atoms with van der Waals surface area (Å²) in [7, 11) is 0. The Labute approximate surface area is 126 Å². The number of hydrogen-bond donors (Lipinski definition) is 1. The highest BCUT2D eigenvalue weighted by Gasteiger charge is 2.01. The molecule has 19 heavy (non-hydrogen) atoms. The molecule has 0 saturated heterocycles. The number of rotatable bonds is 6. The van der Waals surface area contributed by atoms with E-state index >= 15 is 0 Å². The third kappa shape index (κ3) is 4.34. The van der Waals surface area contributed by atoms with Crippen molar-refractivity contribution in [1.29, 1.82) is 0 Å². The maximum atomic E-state index is 5.76. The normalized spacial score (nSPS) is 10.7. The standard InChI is InChI=1S/C15H18BrNOS/c1-11-5-8-19-15(11)10-17-6-7-18-14-4-3-13(16)9-12(14)2/h3-5,8-9,17H,6-7,10H2,1-2H3. The molecule has 0 radical (unpaired) electrons. The second-order valence-corrected chi connectivity index (χ2v) is 6.38. The van der Waals surface area contributed by atoms with Crippen LogP contribution in [0.1, 0.15) is 16.0 Å². The summed E-state index contributed by atoms with van der Waals surface area (Å²) in [6.07, 6.45) is 0. The van der Waals surface area contributed by atoms with Crippen molar-refractivity contribution in [3.63, 3.8) is 0 Å². The first kappa shape index (κ1) is 14.6. The zero-order chi connectivity index (χ0) is 13.7. The quantitative estimate of drug-likeness (QED) is 0.792. The van der Waals surface area contributed by atoms with Gasteiger partial charge in [-0.2, -0.15) is 0 Å². The Bertz CT molecular complexity index is 539. The van der Waals surface area contributed by atoms with Crippen molar-refractivity contribution in [1.82, 2.24) is 5.32 Å². The largest absolute Gasteiger partial charge is 0.492 e. The molecule has 0 aliphatic heterocycles. The number of benzene rings is 1. The molecule has 0 amide bonds. The summed E-state index contributed by atoms with van der Waals surface area (Å²) in [4.78, 5) is 1.40. The van der Waals surface area contributed by atoms with Gasteiger partial charge in [-0.15, -0.1) is 11.3 Å². The summed E-state index contributed by atoms with van der Waals surface area (Å²) in [5.74, 6) is 0.956. The van der Waals surface area contributed by atoms with Crippen LogP contribution in [0.2, 0.25) is 0 Å². The maximum absolute atomic E-state index is 5.76. The van der Waals surface area contributed by atoms with Crippen molar-refractivity contribution in [2.24, 2.45) is 0 Å². The predicted molar refractivity (Wildman–Crippen MR) is 85.1 cm³/mol. The van der Waals surface area contributed by atoms with Crippen LogP contribution in [0.4, 0.5) is 0 Å². The summed E-state index contributed by atoms with van der Waals surface area (Å²) in [5.41, 5.74) is 2.52. The zero-order valence-corrected chi connectivity index (χ0v) is 13.6. The van der Waals surface area contributed by atoms with Crippen molar-refractivity contribution in [3.05, 3.63) is 50.1 Å². The van der Waals surface area contributed by atoms with Crippen LogP contribution in [0, 0.1) is 13.8 Å². The molecule has 2 rings (SSSR count). The second kappa shape index (κ2) is 7.08. The number of ether oxygens (including phenoxy) is 1. The van der Waals surface area contributed by atoms with E-state index in [0.29, 0.717) is 6.61 Å². The van der Waals surface area contributed by atoms with Gasteiger partial charge in [-0.3, -0.25) is 0 Å². The van der Waals surface area contributed by atoms with E-state index in [4.69, 9.17) is 4.74 Å².